The predicted molar refractivity (Wildman–Crippen MR) is 68.2 cm³/mol. The topological polar surface area (TPSA) is 71.2 Å². The first kappa shape index (κ1) is 13.8. The van der Waals surface area contributed by atoms with Gasteiger partial charge in [0, 0.05) is 18.3 Å². The zero-order valence-corrected chi connectivity index (χ0v) is 10.7. The van der Waals surface area contributed by atoms with Crippen LogP contribution in [-0.4, -0.2) is 23.2 Å². The number of H-pyrrole nitrogens is 1. The molecule has 0 bridgehead atoms. The molecule has 1 heterocycles. The Kier molecular flexibility index (Phi) is 4.55. The van der Waals surface area contributed by atoms with Gasteiger partial charge in [-0.05, 0) is 26.7 Å². The lowest BCUT2D eigenvalue weighted by molar-refractivity contribution is 0.0535. The standard InChI is InChI=1S/C13H16N2O3/c1-13(2,3)18-12(17)15-7-4-5-10-9-11(16)6-8-14-10/h6,8-9H,7H2,1-3H3,(H,14,16)(H,15,17). The predicted octanol–water partition coefficient (Wildman–Crippen LogP) is 1.25. The van der Waals surface area contributed by atoms with Gasteiger partial charge in [-0.25, -0.2) is 4.79 Å². The SMILES string of the molecule is CC(C)(C)OC(=O)NCC#Cc1cc(=O)cc[nH]1. The summed E-state index contributed by atoms with van der Waals surface area (Å²) in [6, 6.07) is 2.80. The fraction of sp³-hybridized carbons (Fsp3) is 0.385. The Bertz CT molecular complexity index is 529. The van der Waals surface area contributed by atoms with E-state index < -0.39 is 11.7 Å². The van der Waals surface area contributed by atoms with Crippen LogP contribution in [0.4, 0.5) is 4.79 Å². The average molecular weight is 248 g/mol. The molecular weight excluding hydrogens is 232 g/mol. The summed E-state index contributed by atoms with van der Waals surface area (Å²) < 4.78 is 5.03. The zero-order valence-electron chi connectivity index (χ0n) is 10.7. The number of hydrogen-bond acceptors (Lipinski definition) is 3. The highest BCUT2D eigenvalue weighted by Crippen LogP contribution is 2.05. The molecule has 0 aliphatic carbocycles. The third kappa shape index (κ3) is 5.75. The lowest BCUT2D eigenvalue weighted by Crippen LogP contribution is -2.32. The van der Waals surface area contributed by atoms with Crippen molar-refractivity contribution in [2.24, 2.45) is 0 Å². The van der Waals surface area contributed by atoms with E-state index in [2.05, 4.69) is 22.1 Å². The molecule has 2 N–H and O–H groups in total. The number of alkyl carbamates (subject to hydrolysis) is 1. The van der Waals surface area contributed by atoms with Crippen molar-refractivity contribution in [2.75, 3.05) is 6.54 Å². The first-order valence-corrected chi connectivity index (χ1v) is 5.51. The van der Waals surface area contributed by atoms with Gasteiger partial charge < -0.3 is 15.0 Å². The fourth-order valence-corrected chi connectivity index (χ4v) is 1.09. The van der Waals surface area contributed by atoms with E-state index in [0.717, 1.165) is 0 Å². The molecular formula is C13H16N2O3. The molecule has 0 aliphatic heterocycles. The van der Waals surface area contributed by atoms with Gasteiger partial charge in [0.2, 0.25) is 0 Å². The van der Waals surface area contributed by atoms with E-state index in [-0.39, 0.29) is 12.0 Å². The van der Waals surface area contributed by atoms with Crippen molar-refractivity contribution < 1.29 is 9.53 Å². The summed E-state index contributed by atoms with van der Waals surface area (Å²) in [5.41, 5.74) is -0.131. The third-order valence-electron chi connectivity index (χ3n) is 1.72. The fourth-order valence-electron chi connectivity index (χ4n) is 1.09. The maximum absolute atomic E-state index is 11.3. The number of rotatable bonds is 1. The zero-order chi connectivity index (χ0) is 13.6. The molecule has 1 amide bonds. The Morgan fingerprint density at radius 2 is 2.22 bits per heavy atom. The number of pyridine rings is 1. The molecule has 5 heteroatoms. The maximum Gasteiger partial charge on any atom is 0.408 e. The molecule has 1 aromatic rings. The number of ether oxygens (including phenoxy) is 1. The van der Waals surface area contributed by atoms with Gasteiger partial charge >= 0.3 is 6.09 Å². The minimum atomic E-state index is -0.526. The summed E-state index contributed by atoms with van der Waals surface area (Å²) >= 11 is 0. The smallest absolute Gasteiger partial charge is 0.408 e. The van der Waals surface area contributed by atoms with E-state index in [1.807, 2.05) is 0 Å². The van der Waals surface area contributed by atoms with Crippen LogP contribution < -0.4 is 10.7 Å². The summed E-state index contributed by atoms with van der Waals surface area (Å²) in [5.74, 6) is 5.44. The van der Waals surface area contributed by atoms with Gasteiger partial charge in [0.25, 0.3) is 0 Å². The Labute approximate surface area is 106 Å². The molecule has 0 spiro atoms. The third-order valence-corrected chi connectivity index (χ3v) is 1.72. The van der Waals surface area contributed by atoms with Crippen LogP contribution in [-0.2, 0) is 4.74 Å². The molecule has 0 atom stereocenters. The summed E-state index contributed by atoms with van der Waals surface area (Å²) in [6.45, 7) is 5.51. The van der Waals surface area contributed by atoms with Gasteiger partial charge in [-0.2, -0.15) is 0 Å². The van der Waals surface area contributed by atoms with Gasteiger partial charge in [0.1, 0.15) is 5.60 Å². The highest BCUT2D eigenvalue weighted by Gasteiger charge is 2.14. The molecule has 0 saturated carbocycles. The summed E-state index contributed by atoms with van der Waals surface area (Å²) in [4.78, 5) is 25.1. The number of carbonyl (C=O) groups excluding carboxylic acids is 1. The molecule has 1 rings (SSSR count). The van der Waals surface area contributed by atoms with E-state index in [0.29, 0.717) is 5.69 Å². The first-order valence-electron chi connectivity index (χ1n) is 5.51. The molecule has 0 fully saturated rings. The minimum Gasteiger partial charge on any atom is -0.444 e. The molecule has 0 unspecified atom stereocenters. The highest BCUT2D eigenvalue weighted by atomic mass is 16.6. The second-order valence-electron chi connectivity index (χ2n) is 4.60. The Balaban J connectivity index is 2.43. The minimum absolute atomic E-state index is 0.113. The Hall–Kier alpha value is -2.22. The van der Waals surface area contributed by atoms with Crippen LogP contribution in [0.5, 0.6) is 0 Å². The van der Waals surface area contributed by atoms with Crippen LogP contribution in [0.1, 0.15) is 26.5 Å². The van der Waals surface area contributed by atoms with E-state index in [9.17, 15) is 9.59 Å². The van der Waals surface area contributed by atoms with Gasteiger partial charge in [-0.1, -0.05) is 5.92 Å². The molecule has 0 aromatic carbocycles. The quantitative estimate of drug-likeness (QED) is 0.735. The van der Waals surface area contributed by atoms with Crippen LogP contribution in [0.15, 0.2) is 23.1 Å². The van der Waals surface area contributed by atoms with Crippen LogP contribution >= 0.6 is 0 Å². The first-order chi connectivity index (χ1) is 8.37. The number of hydrogen-bond donors (Lipinski definition) is 2. The van der Waals surface area contributed by atoms with Gasteiger partial charge in [-0.3, -0.25) is 4.79 Å². The van der Waals surface area contributed by atoms with Crippen molar-refractivity contribution in [3.05, 3.63) is 34.2 Å². The summed E-state index contributed by atoms with van der Waals surface area (Å²) in [6.07, 6.45) is 1.01. The molecule has 0 radical (unpaired) electrons. The van der Waals surface area contributed by atoms with Crippen molar-refractivity contribution in [1.29, 1.82) is 0 Å². The number of aromatic amines is 1. The average Bonchev–Trinajstić information content (AvgIpc) is 2.22. The summed E-state index contributed by atoms with van der Waals surface area (Å²) in [5, 5.41) is 2.50. The number of amides is 1. The van der Waals surface area contributed by atoms with Gasteiger partial charge in [0.05, 0.1) is 12.2 Å². The normalized spacial score (nSPS) is 10.2. The molecule has 5 nitrogen and oxygen atoms in total. The van der Waals surface area contributed by atoms with Crippen molar-refractivity contribution >= 4 is 6.09 Å². The monoisotopic (exact) mass is 248 g/mol. The molecule has 0 aliphatic rings. The Morgan fingerprint density at radius 1 is 1.50 bits per heavy atom. The Morgan fingerprint density at radius 3 is 2.83 bits per heavy atom. The largest absolute Gasteiger partial charge is 0.444 e. The number of nitrogens with one attached hydrogen (secondary N) is 2. The van der Waals surface area contributed by atoms with E-state index in [1.165, 1.54) is 18.3 Å². The van der Waals surface area contributed by atoms with E-state index >= 15 is 0 Å². The van der Waals surface area contributed by atoms with Crippen LogP contribution in [0.3, 0.4) is 0 Å². The van der Waals surface area contributed by atoms with Crippen molar-refractivity contribution in [2.45, 2.75) is 26.4 Å². The van der Waals surface area contributed by atoms with E-state index in [4.69, 9.17) is 4.74 Å². The second kappa shape index (κ2) is 5.92. The molecule has 18 heavy (non-hydrogen) atoms. The maximum atomic E-state index is 11.3. The van der Waals surface area contributed by atoms with Gasteiger partial charge in [0.15, 0.2) is 5.43 Å². The number of aromatic nitrogens is 1. The number of carbonyl (C=O) groups is 1. The second-order valence-corrected chi connectivity index (χ2v) is 4.60. The van der Waals surface area contributed by atoms with Gasteiger partial charge in [-0.15, -0.1) is 0 Å². The molecule has 0 saturated heterocycles. The highest BCUT2D eigenvalue weighted by molar-refractivity contribution is 5.68. The lowest BCUT2D eigenvalue weighted by atomic mass is 10.2. The van der Waals surface area contributed by atoms with E-state index in [1.54, 1.807) is 20.8 Å². The van der Waals surface area contributed by atoms with Crippen LogP contribution in [0.25, 0.3) is 0 Å². The van der Waals surface area contributed by atoms with Crippen LogP contribution in [0, 0.1) is 11.8 Å². The van der Waals surface area contributed by atoms with Crippen molar-refractivity contribution in [3.8, 4) is 11.8 Å². The van der Waals surface area contributed by atoms with Crippen molar-refractivity contribution in [3.63, 3.8) is 0 Å². The lowest BCUT2D eigenvalue weighted by Gasteiger charge is -2.18. The molecule has 96 valence electrons. The summed E-state index contributed by atoms with van der Waals surface area (Å²) in [7, 11) is 0. The van der Waals surface area contributed by atoms with Crippen molar-refractivity contribution in [1.82, 2.24) is 10.3 Å². The van der Waals surface area contributed by atoms with Crippen LogP contribution in [0.2, 0.25) is 0 Å². The molecule has 1 aromatic heterocycles.